The predicted octanol–water partition coefficient (Wildman–Crippen LogP) is 6.91. The molecule has 1 rings (SSSR count). The number of halogens is 19. The van der Waals surface area contributed by atoms with E-state index in [4.69, 9.17) is 0 Å². The number of carbonyl (C=O) groups excluding carboxylic acids is 1. The molecule has 1 aromatic rings. The average Bonchev–Trinajstić information content (AvgIpc) is 2.68. The second kappa shape index (κ2) is 8.45. The van der Waals surface area contributed by atoms with Crippen molar-refractivity contribution >= 4 is 11.6 Å². The Labute approximate surface area is 184 Å². The first-order valence-electron chi connectivity index (χ1n) is 8.03. The maximum Gasteiger partial charge on any atom is 0.460 e. The molecule has 0 aliphatic heterocycles. The van der Waals surface area contributed by atoms with Gasteiger partial charge in [0.25, 0.3) is 0 Å². The molecule has 0 unspecified atom stereocenters. The predicted molar refractivity (Wildman–Crippen MR) is 75.7 cm³/mol. The molecule has 0 aliphatic carbocycles. The van der Waals surface area contributed by atoms with Gasteiger partial charge in [0.2, 0.25) is 0 Å². The fourth-order valence-electron chi connectivity index (χ4n) is 2.09. The second-order valence-corrected chi connectivity index (χ2v) is 6.60. The molecule has 208 valence electrons. The Morgan fingerprint density at radius 2 is 0.889 bits per heavy atom. The quantitative estimate of drug-likeness (QED) is 0.336. The van der Waals surface area contributed by atoms with E-state index in [-0.39, 0.29) is 18.2 Å². The SMILES string of the molecule is O=C(Nc1ccc(F)c(F)c1)C(F)(F)C(F)(F)C(F)(F)C(F)(F)C(F)(F)C(F)(F)C(F)(F)C(F)(F)F. The number of rotatable bonds is 8. The zero-order valence-corrected chi connectivity index (χ0v) is 15.8. The minimum Gasteiger partial charge on any atom is -0.321 e. The molecule has 0 atom stereocenters. The van der Waals surface area contributed by atoms with Crippen molar-refractivity contribution in [1.82, 2.24) is 0 Å². The summed E-state index contributed by atoms with van der Waals surface area (Å²) < 4.78 is 249. The zero-order valence-electron chi connectivity index (χ0n) is 15.8. The molecule has 0 heterocycles. The van der Waals surface area contributed by atoms with Crippen LogP contribution in [0.1, 0.15) is 0 Å². The van der Waals surface area contributed by atoms with Gasteiger partial charge in [-0.25, -0.2) is 8.78 Å². The summed E-state index contributed by atoms with van der Waals surface area (Å²) in [4.78, 5) is 11.2. The summed E-state index contributed by atoms with van der Waals surface area (Å²) in [5.41, 5.74) is -1.48. The molecule has 1 aromatic carbocycles. The van der Waals surface area contributed by atoms with Gasteiger partial charge >= 0.3 is 53.5 Å². The van der Waals surface area contributed by atoms with Crippen molar-refractivity contribution in [3.05, 3.63) is 29.8 Å². The van der Waals surface area contributed by atoms with Crippen LogP contribution in [0.25, 0.3) is 0 Å². The number of hydrogen-bond acceptors (Lipinski definition) is 1. The minimum absolute atomic E-state index is 0.00650. The molecular formula is C15H4F19NO. The summed E-state index contributed by atoms with van der Waals surface area (Å²) in [7, 11) is 0. The molecule has 36 heavy (non-hydrogen) atoms. The van der Waals surface area contributed by atoms with Gasteiger partial charge in [-0.2, -0.15) is 74.6 Å². The van der Waals surface area contributed by atoms with Crippen molar-refractivity contribution in [2.45, 2.75) is 47.6 Å². The summed E-state index contributed by atoms with van der Waals surface area (Å²) in [5, 5.41) is 0.435. The van der Waals surface area contributed by atoms with E-state index in [0.29, 0.717) is 5.32 Å². The standard InChI is InChI=1S/C15H4F19NO/c16-5-2-1-4(3-6(5)17)35-7(36)8(18,19)9(20,21)10(22,23)11(24,25)12(26,27)13(28,29)14(30,31)15(32,33)34/h1-3H,(H,35,36). The number of carbonyl (C=O) groups is 1. The third-order valence-corrected chi connectivity index (χ3v) is 4.18. The number of hydrogen-bond donors (Lipinski definition) is 1. The van der Waals surface area contributed by atoms with Crippen LogP contribution in [0.3, 0.4) is 0 Å². The number of nitrogens with one attached hydrogen (secondary N) is 1. The smallest absolute Gasteiger partial charge is 0.321 e. The van der Waals surface area contributed by atoms with Crippen LogP contribution in [0.15, 0.2) is 18.2 Å². The third-order valence-electron chi connectivity index (χ3n) is 4.18. The molecule has 1 amide bonds. The number of benzene rings is 1. The van der Waals surface area contributed by atoms with Crippen molar-refractivity contribution in [3.8, 4) is 0 Å². The van der Waals surface area contributed by atoms with Crippen LogP contribution < -0.4 is 5.32 Å². The van der Waals surface area contributed by atoms with Crippen molar-refractivity contribution in [1.29, 1.82) is 0 Å². The Balaban J connectivity index is 3.58. The molecule has 0 saturated heterocycles. The zero-order chi connectivity index (χ0) is 29.1. The molecule has 21 heteroatoms. The van der Waals surface area contributed by atoms with Crippen molar-refractivity contribution in [2.24, 2.45) is 0 Å². The molecule has 0 saturated carbocycles. The average molecular weight is 575 g/mol. The van der Waals surface area contributed by atoms with E-state index in [0.717, 1.165) is 0 Å². The highest BCUT2D eigenvalue weighted by Crippen LogP contribution is 2.64. The minimum atomic E-state index is -8.84. The monoisotopic (exact) mass is 575 g/mol. The summed E-state index contributed by atoms with van der Waals surface area (Å²) in [6.45, 7) is 0. The van der Waals surface area contributed by atoms with Gasteiger partial charge in [0.05, 0.1) is 0 Å². The largest absolute Gasteiger partial charge is 0.460 e. The second-order valence-electron chi connectivity index (χ2n) is 6.60. The maximum atomic E-state index is 13.7. The molecule has 0 bridgehead atoms. The number of alkyl halides is 17. The maximum absolute atomic E-state index is 13.7. The van der Waals surface area contributed by atoms with Gasteiger partial charge in [0.1, 0.15) is 0 Å². The van der Waals surface area contributed by atoms with Crippen LogP contribution in [0.4, 0.5) is 89.1 Å². The van der Waals surface area contributed by atoms with E-state index in [1.165, 1.54) is 0 Å². The van der Waals surface area contributed by atoms with E-state index in [2.05, 4.69) is 0 Å². The van der Waals surface area contributed by atoms with Gasteiger partial charge in [-0.15, -0.1) is 0 Å². The molecule has 0 spiro atoms. The van der Waals surface area contributed by atoms with Gasteiger partial charge in [0.15, 0.2) is 11.6 Å². The Hall–Kier alpha value is -2.64. The van der Waals surface area contributed by atoms with Crippen LogP contribution >= 0.6 is 0 Å². The summed E-state index contributed by atoms with van der Waals surface area (Å²) in [6, 6.07) is -0.221. The van der Waals surface area contributed by atoms with Crippen LogP contribution in [0.2, 0.25) is 0 Å². The number of anilines is 1. The molecule has 0 aliphatic rings. The van der Waals surface area contributed by atoms with E-state index >= 15 is 0 Å². The topological polar surface area (TPSA) is 29.1 Å². The molecule has 0 fully saturated rings. The van der Waals surface area contributed by atoms with E-state index in [9.17, 15) is 88.2 Å². The van der Waals surface area contributed by atoms with Crippen molar-refractivity contribution in [3.63, 3.8) is 0 Å². The lowest BCUT2D eigenvalue weighted by Crippen LogP contribution is -2.75. The molecular weight excluding hydrogens is 571 g/mol. The molecule has 0 radical (unpaired) electrons. The van der Waals surface area contributed by atoms with Gasteiger partial charge < -0.3 is 5.32 Å². The van der Waals surface area contributed by atoms with E-state index in [1.54, 1.807) is 0 Å². The van der Waals surface area contributed by atoms with Gasteiger partial charge in [-0.1, -0.05) is 0 Å². The summed E-state index contributed by atoms with van der Waals surface area (Å²) >= 11 is 0. The number of amides is 1. The Morgan fingerprint density at radius 3 is 1.25 bits per heavy atom. The third kappa shape index (κ3) is 4.16. The summed E-state index contributed by atoms with van der Waals surface area (Å²) in [6.07, 6.45) is -7.89. The lowest BCUT2D eigenvalue weighted by molar-refractivity contribution is -0.459. The normalized spacial score (nSPS) is 15.2. The molecule has 1 N–H and O–H groups in total. The lowest BCUT2D eigenvalue weighted by atomic mass is 9.89. The molecule has 2 nitrogen and oxygen atoms in total. The van der Waals surface area contributed by atoms with Gasteiger partial charge in [-0.3, -0.25) is 4.79 Å². The first kappa shape index (κ1) is 31.4. The van der Waals surface area contributed by atoms with Crippen molar-refractivity contribution in [2.75, 3.05) is 5.32 Å². The van der Waals surface area contributed by atoms with Crippen molar-refractivity contribution < 1.29 is 88.2 Å². The van der Waals surface area contributed by atoms with Gasteiger partial charge in [0, 0.05) is 11.8 Å². The van der Waals surface area contributed by atoms with Crippen LogP contribution in [0, 0.1) is 11.6 Å². The fourth-order valence-corrected chi connectivity index (χ4v) is 2.09. The Morgan fingerprint density at radius 1 is 0.528 bits per heavy atom. The molecule has 0 aromatic heterocycles. The van der Waals surface area contributed by atoms with Crippen LogP contribution in [-0.2, 0) is 4.79 Å². The van der Waals surface area contributed by atoms with E-state index < -0.39 is 70.9 Å². The Bertz CT molecular complexity index is 995. The Kier molecular flexibility index (Phi) is 7.37. The van der Waals surface area contributed by atoms with Gasteiger partial charge in [-0.05, 0) is 12.1 Å². The first-order chi connectivity index (χ1) is 15.6. The van der Waals surface area contributed by atoms with Crippen LogP contribution in [0.5, 0.6) is 0 Å². The lowest BCUT2D eigenvalue weighted by Gasteiger charge is -2.42. The first-order valence-corrected chi connectivity index (χ1v) is 8.03. The highest BCUT2D eigenvalue weighted by Gasteiger charge is 2.95. The highest BCUT2D eigenvalue weighted by molar-refractivity contribution is 5.97. The fraction of sp³-hybridized carbons (Fsp3) is 0.533. The highest BCUT2D eigenvalue weighted by atomic mass is 19.4. The summed E-state index contributed by atoms with van der Waals surface area (Å²) in [5.74, 6) is -66.6. The van der Waals surface area contributed by atoms with E-state index in [1.807, 2.05) is 0 Å². The van der Waals surface area contributed by atoms with Crippen LogP contribution in [-0.4, -0.2) is 53.5 Å².